The normalized spacial score (nSPS) is 10.2. The van der Waals surface area contributed by atoms with Gasteiger partial charge >= 0.3 is 0 Å². The molecule has 2 aromatic carbocycles. The van der Waals surface area contributed by atoms with E-state index in [1.165, 1.54) is 0 Å². The number of ether oxygens (including phenoxy) is 1. The second-order valence-electron chi connectivity index (χ2n) is 3.54. The topological polar surface area (TPSA) is 38.3 Å². The third kappa shape index (κ3) is 2.42. The molecule has 17 heavy (non-hydrogen) atoms. The number of amides is 1. The zero-order valence-corrected chi connectivity index (χ0v) is 11.0. The minimum atomic E-state index is -0.0691. The number of alkyl halides is 1. The van der Waals surface area contributed by atoms with Gasteiger partial charge in [0.25, 0.3) is 0 Å². The van der Waals surface area contributed by atoms with E-state index in [4.69, 9.17) is 4.74 Å². The molecule has 0 fully saturated rings. The van der Waals surface area contributed by atoms with Gasteiger partial charge in [0.05, 0.1) is 12.4 Å². The lowest BCUT2D eigenvalue weighted by Gasteiger charge is -2.10. The van der Waals surface area contributed by atoms with Crippen LogP contribution in [0.5, 0.6) is 5.75 Å². The molecule has 1 N–H and O–H groups in total. The van der Waals surface area contributed by atoms with Crippen molar-refractivity contribution in [1.29, 1.82) is 0 Å². The summed E-state index contributed by atoms with van der Waals surface area (Å²) in [5.74, 6) is 0.734. The largest absolute Gasteiger partial charge is 0.496 e. The SMILES string of the molecule is COc1cccc2c(NC(=O)CBr)cccc12. The summed E-state index contributed by atoms with van der Waals surface area (Å²) in [4.78, 5) is 11.4. The van der Waals surface area contributed by atoms with E-state index < -0.39 is 0 Å². The van der Waals surface area contributed by atoms with Gasteiger partial charge in [-0.15, -0.1) is 0 Å². The van der Waals surface area contributed by atoms with Gasteiger partial charge in [-0.2, -0.15) is 0 Å². The fraction of sp³-hybridized carbons (Fsp3) is 0.154. The van der Waals surface area contributed by atoms with Crippen molar-refractivity contribution in [2.24, 2.45) is 0 Å². The Morgan fingerprint density at radius 1 is 1.24 bits per heavy atom. The summed E-state index contributed by atoms with van der Waals surface area (Å²) >= 11 is 3.13. The number of nitrogens with one attached hydrogen (secondary N) is 1. The summed E-state index contributed by atoms with van der Waals surface area (Å²) in [5.41, 5.74) is 0.797. The van der Waals surface area contributed by atoms with Crippen LogP contribution in [0.4, 0.5) is 5.69 Å². The molecule has 0 aliphatic carbocycles. The number of carbonyl (C=O) groups excluding carboxylic acids is 1. The molecule has 2 rings (SSSR count). The third-order valence-corrected chi connectivity index (χ3v) is 3.01. The summed E-state index contributed by atoms with van der Waals surface area (Å²) in [6.07, 6.45) is 0. The van der Waals surface area contributed by atoms with Crippen LogP contribution >= 0.6 is 15.9 Å². The lowest BCUT2D eigenvalue weighted by molar-refractivity contribution is -0.113. The van der Waals surface area contributed by atoms with Gasteiger partial charge in [0.15, 0.2) is 0 Å². The standard InChI is InChI=1S/C13H12BrNO2/c1-17-12-7-3-4-9-10(12)5-2-6-11(9)15-13(16)8-14/h2-7H,8H2,1H3,(H,15,16). The molecular formula is C13H12BrNO2. The fourth-order valence-corrected chi connectivity index (χ4v) is 1.89. The predicted molar refractivity (Wildman–Crippen MR) is 72.9 cm³/mol. The summed E-state index contributed by atoms with van der Waals surface area (Å²) < 4.78 is 5.29. The van der Waals surface area contributed by atoms with Crippen LogP contribution in [0.1, 0.15) is 0 Å². The van der Waals surface area contributed by atoms with E-state index in [9.17, 15) is 4.79 Å². The van der Waals surface area contributed by atoms with Crippen molar-refractivity contribution < 1.29 is 9.53 Å². The summed E-state index contributed by atoms with van der Waals surface area (Å²) in [6, 6.07) is 11.5. The van der Waals surface area contributed by atoms with Crippen molar-refractivity contribution in [3.05, 3.63) is 36.4 Å². The molecule has 0 unspecified atom stereocenters. The van der Waals surface area contributed by atoms with Crippen molar-refractivity contribution in [1.82, 2.24) is 0 Å². The second-order valence-corrected chi connectivity index (χ2v) is 4.10. The molecule has 4 heteroatoms. The Morgan fingerprint density at radius 2 is 1.94 bits per heavy atom. The predicted octanol–water partition coefficient (Wildman–Crippen LogP) is 3.18. The molecule has 0 bridgehead atoms. The zero-order chi connectivity index (χ0) is 12.3. The molecule has 2 aromatic rings. The summed E-state index contributed by atoms with van der Waals surface area (Å²) in [7, 11) is 1.64. The molecular weight excluding hydrogens is 282 g/mol. The highest BCUT2D eigenvalue weighted by Gasteiger charge is 2.06. The number of anilines is 1. The van der Waals surface area contributed by atoms with E-state index in [0.717, 1.165) is 22.2 Å². The molecule has 0 atom stereocenters. The van der Waals surface area contributed by atoms with Crippen LogP contribution in [-0.4, -0.2) is 18.3 Å². The molecule has 0 saturated heterocycles. The van der Waals surface area contributed by atoms with Gasteiger partial charge in [0.1, 0.15) is 5.75 Å². The number of halogens is 1. The maximum absolute atomic E-state index is 11.4. The number of hydrogen-bond acceptors (Lipinski definition) is 2. The molecule has 0 aromatic heterocycles. The molecule has 1 amide bonds. The lowest BCUT2D eigenvalue weighted by atomic mass is 10.1. The molecule has 0 spiro atoms. The first-order chi connectivity index (χ1) is 8.26. The van der Waals surface area contributed by atoms with Crippen molar-refractivity contribution in [3.63, 3.8) is 0 Å². The first-order valence-corrected chi connectivity index (χ1v) is 6.30. The molecule has 88 valence electrons. The van der Waals surface area contributed by atoms with E-state index in [1.807, 2.05) is 36.4 Å². The van der Waals surface area contributed by atoms with Gasteiger partial charge in [0, 0.05) is 16.5 Å². The first-order valence-electron chi connectivity index (χ1n) is 5.18. The van der Waals surface area contributed by atoms with Crippen molar-refractivity contribution in [2.75, 3.05) is 17.8 Å². The monoisotopic (exact) mass is 293 g/mol. The van der Waals surface area contributed by atoms with Crippen LogP contribution in [0.3, 0.4) is 0 Å². The zero-order valence-electron chi connectivity index (χ0n) is 9.37. The van der Waals surface area contributed by atoms with Crippen LogP contribution in [0.25, 0.3) is 10.8 Å². The van der Waals surface area contributed by atoms with Gasteiger partial charge in [-0.3, -0.25) is 4.79 Å². The Bertz CT molecular complexity index is 554. The Balaban J connectivity index is 2.54. The number of fused-ring (bicyclic) bond motifs is 1. The van der Waals surface area contributed by atoms with Crippen molar-refractivity contribution in [2.45, 2.75) is 0 Å². The number of rotatable bonds is 3. The quantitative estimate of drug-likeness (QED) is 0.883. The van der Waals surface area contributed by atoms with Gasteiger partial charge in [-0.05, 0) is 12.1 Å². The lowest BCUT2D eigenvalue weighted by Crippen LogP contribution is -2.12. The average Bonchev–Trinajstić information content (AvgIpc) is 2.38. The molecule has 0 aliphatic heterocycles. The minimum Gasteiger partial charge on any atom is -0.496 e. The summed E-state index contributed by atoms with van der Waals surface area (Å²) in [5, 5.41) is 5.09. The number of hydrogen-bond donors (Lipinski definition) is 1. The van der Waals surface area contributed by atoms with E-state index in [1.54, 1.807) is 7.11 Å². The fourth-order valence-electron chi connectivity index (χ4n) is 1.75. The number of benzene rings is 2. The smallest absolute Gasteiger partial charge is 0.235 e. The molecule has 0 saturated carbocycles. The Hall–Kier alpha value is -1.55. The maximum atomic E-state index is 11.4. The average molecular weight is 294 g/mol. The van der Waals surface area contributed by atoms with E-state index in [0.29, 0.717) is 0 Å². The Kier molecular flexibility index (Phi) is 3.64. The van der Waals surface area contributed by atoms with Gasteiger partial charge in [-0.25, -0.2) is 0 Å². The molecule has 0 heterocycles. The maximum Gasteiger partial charge on any atom is 0.235 e. The number of carbonyl (C=O) groups is 1. The highest BCUT2D eigenvalue weighted by atomic mass is 79.9. The van der Waals surface area contributed by atoms with Gasteiger partial charge < -0.3 is 10.1 Å². The minimum absolute atomic E-state index is 0.0691. The Labute approximate surface area is 108 Å². The third-order valence-electron chi connectivity index (χ3n) is 2.50. The van der Waals surface area contributed by atoms with E-state index in [2.05, 4.69) is 21.2 Å². The van der Waals surface area contributed by atoms with Crippen molar-refractivity contribution in [3.8, 4) is 5.75 Å². The first kappa shape index (κ1) is 11.9. The molecule has 0 aliphatic rings. The van der Waals surface area contributed by atoms with Crippen LogP contribution in [0.15, 0.2) is 36.4 Å². The van der Waals surface area contributed by atoms with Gasteiger partial charge in [0.2, 0.25) is 5.91 Å². The number of methoxy groups -OCH3 is 1. The van der Waals surface area contributed by atoms with E-state index >= 15 is 0 Å². The Morgan fingerprint density at radius 3 is 2.65 bits per heavy atom. The van der Waals surface area contributed by atoms with Crippen LogP contribution < -0.4 is 10.1 Å². The summed E-state index contributed by atoms with van der Waals surface area (Å²) in [6.45, 7) is 0. The van der Waals surface area contributed by atoms with Crippen LogP contribution in [0, 0.1) is 0 Å². The van der Waals surface area contributed by atoms with Gasteiger partial charge in [-0.1, -0.05) is 40.2 Å². The van der Waals surface area contributed by atoms with E-state index in [-0.39, 0.29) is 11.2 Å². The molecule has 0 radical (unpaired) electrons. The highest BCUT2D eigenvalue weighted by Crippen LogP contribution is 2.30. The highest BCUT2D eigenvalue weighted by molar-refractivity contribution is 9.09. The van der Waals surface area contributed by atoms with Crippen molar-refractivity contribution >= 4 is 38.3 Å². The molecule has 3 nitrogen and oxygen atoms in total. The van der Waals surface area contributed by atoms with Crippen LogP contribution in [0.2, 0.25) is 0 Å². The second kappa shape index (κ2) is 5.19. The van der Waals surface area contributed by atoms with Crippen LogP contribution in [-0.2, 0) is 4.79 Å².